The SMILES string of the molecule is COc1cc(NC2CCN(C(=O)c3cscn3)CC2)ncn1. The second-order valence-corrected chi connectivity index (χ2v) is 5.75. The quantitative estimate of drug-likeness (QED) is 0.923. The lowest BCUT2D eigenvalue weighted by atomic mass is 10.0. The predicted octanol–water partition coefficient (Wildman–Crippen LogP) is 1.66. The minimum atomic E-state index is 0.0170. The van der Waals surface area contributed by atoms with E-state index in [0.717, 1.165) is 31.7 Å². The summed E-state index contributed by atoms with van der Waals surface area (Å²) >= 11 is 1.44. The lowest BCUT2D eigenvalue weighted by molar-refractivity contribution is 0.0713. The summed E-state index contributed by atoms with van der Waals surface area (Å²) in [5, 5.41) is 5.16. The maximum Gasteiger partial charge on any atom is 0.273 e. The van der Waals surface area contributed by atoms with Crippen LogP contribution in [0.15, 0.2) is 23.3 Å². The minimum absolute atomic E-state index is 0.0170. The Labute approximate surface area is 132 Å². The van der Waals surface area contributed by atoms with Gasteiger partial charge in [0.1, 0.15) is 17.8 Å². The Hall–Kier alpha value is -2.22. The molecule has 0 aromatic carbocycles. The van der Waals surface area contributed by atoms with E-state index in [-0.39, 0.29) is 5.91 Å². The molecule has 8 heteroatoms. The average Bonchev–Trinajstić information content (AvgIpc) is 3.09. The van der Waals surface area contributed by atoms with Gasteiger partial charge < -0.3 is 15.0 Å². The van der Waals surface area contributed by atoms with Crippen molar-refractivity contribution in [2.45, 2.75) is 18.9 Å². The Morgan fingerprint density at radius 1 is 1.36 bits per heavy atom. The summed E-state index contributed by atoms with van der Waals surface area (Å²) in [6, 6.07) is 2.06. The number of nitrogens with one attached hydrogen (secondary N) is 1. The van der Waals surface area contributed by atoms with Crippen molar-refractivity contribution in [3.05, 3.63) is 29.0 Å². The number of rotatable bonds is 4. The molecule has 1 saturated heterocycles. The molecule has 22 heavy (non-hydrogen) atoms. The topological polar surface area (TPSA) is 80.2 Å². The first kappa shape index (κ1) is 14.7. The van der Waals surface area contributed by atoms with Crippen LogP contribution in [0.25, 0.3) is 0 Å². The summed E-state index contributed by atoms with van der Waals surface area (Å²) in [6.07, 6.45) is 3.23. The molecule has 0 spiro atoms. The number of nitrogens with zero attached hydrogens (tertiary/aromatic N) is 4. The zero-order valence-electron chi connectivity index (χ0n) is 12.2. The van der Waals surface area contributed by atoms with Crippen molar-refractivity contribution in [2.75, 3.05) is 25.5 Å². The number of methoxy groups -OCH3 is 1. The third-order valence-corrected chi connectivity index (χ3v) is 4.22. The number of carbonyl (C=O) groups is 1. The molecule has 0 aliphatic carbocycles. The summed E-state index contributed by atoms with van der Waals surface area (Å²) in [7, 11) is 1.58. The highest BCUT2D eigenvalue weighted by molar-refractivity contribution is 7.07. The molecule has 3 heterocycles. The molecule has 1 aliphatic heterocycles. The van der Waals surface area contributed by atoms with Crippen LogP contribution in [0, 0.1) is 0 Å². The molecule has 7 nitrogen and oxygen atoms in total. The van der Waals surface area contributed by atoms with Crippen LogP contribution in [0.3, 0.4) is 0 Å². The number of hydrogen-bond acceptors (Lipinski definition) is 7. The fourth-order valence-electron chi connectivity index (χ4n) is 2.45. The molecule has 1 amide bonds. The minimum Gasteiger partial charge on any atom is -0.481 e. The first-order valence-corrected chi connectivity index (χ1v) is 8.00. The van der Waals surface area contributed by atoms with E-state index in [4.69, 9.17) is 4.74 Å². The highest BCUT2D eigenvalue weighted by Gasteiger charge is 2.24. The van der Waals surface area contributed by atoms with Crippen molar-refractivity contribution in [3.8, 4) is 5.88 Å². The third-order valence-electron chi connectivity index (χ3n) is 3.64. The summed E-state index contributed by atoms with van der Waals surface area (Å²) < 4.78 is 5.08. The summed E-state index contributed by atoms with van der Waals surface area (Å²) in [6.45, 7) is 1.44. The average molecular weight is 319 g/mol. The molecule has 0 unspecified atom stereocenters. The van der Waals surface area contributed by atoms with E-state index < -0.39 is 0 Å². The van der Waals surface area contributed by atoms with Gasteiger partial charge >= 0.3 is 0 Å². The van der Waals surface area contributed by atoms with Crippen LogP contribution >= 0.6 is 11.3 Å². The number of ether oxygens (including phenoxy) is 1. The van der Waals surface area contributed by atoms with Crippen LogP contribution in [0.2, 0.25) is 0 Å². The Morgan fingerprint density at radius 2 is 2.18 bits per heavy atom. The van der Waals surface area contributed by atoms with Crippen LogP contribution in [-0.2, 0) is 0 Å². The smallest absolute Gasteiger partial charge is 0.273 e. The zero-order chi connectivity index (χ0) is 15.4. The summed E-state index contributed by atoms with van der Waals surface area (Å²) in [5.74, 6) is 1.30. The van der Waals surface area contributed by atoms with Crippen molar-refractivity contribution in [3.63, 3.8) is 0 Å². The predicted molar refractivity (Wildman–Crippen MR) is 83.2 cm³/mol. The number of anilines is 1. The molecule has 0 atom stereocenters. The van der Waals surface area contributed by atoms with E-state index in [1.165, 1.54) is 17.7 Å². The Kier molecular flexibility index (Phi) is 4.47. The fraction of sp³-hybridized carbons (Fsp3) is 0.429. The number of carbonyl (C=O) groups excluding carboxylic acids is 1. The van der Waals surface area contributed by atoms with Gasteiger partial charge in [0.15, 0.2) is 0 Å². The number of likely N-dealkylation sites (tertiary alicyclic amines) is 1. The number of thiazole rings is 1. The van der Waals surface area contributed by atoms with Gasteiger partial charge in [-0.3, -0.25) is 4.79 Å². The lowest BCUT2D eigenvalue weighted by Gasteiger charge is -2.32. The van der Waals surface area contributed by atoms with Gasteiger partial charge in [0, 0.05) is 30.6 Å². The van der Waals surface area contributed by atoms with E-state index in [1.807, 2.05) is 4.90 Å². The molecule has 2 aromatic heterocycles. The maximum absolute atomic E-state index is 12.2. The van der Waals surface area contributed by atoms with E-state index in [0.29, 0.717) is 17.6 Å². The van der Waals surface area contributed by atoms with Crippen molar-refractivity contribution in [2.24, 2.45) is 0 Å². The number of aromatic nitrogens is 3. The molecule has 1 aliphatic rings. The molecule has 0 bridgehead atoms. The van der Waals surface area contributed by atoms with E-state index in [2.05, 4.69) is 20.3 Å². The van der Waals surface area contributed by atoms with Gasteiger partial charge in [-0.05, 0) is 12.8 Å². The summed E-state index contributed by atoms with van der Waals surface area (Å²) in [5.41, 5.74) is 2.22. The lowest BCUT2D eigenvalue weighted by Crippen LogP contribution is -2.42. The Morgan fingerprint density at radius 3 is 2.86 bits per heavy atom. The third kappa shape index (κ3) is 3.33. The van der Waals surface area contributed by atoms with Gasteiger partial charge in [0.05, 0.1) is 12.6 Å². The fourth-order valence-corrected chi connectivity index (χ4v) is 2.97. The van der Waals surface area contributed by atoms with Crippen LogP contribution in [-0.4, -0.2) is 52.0 Å². The highest BCUT2D eigenvalue weighted by Crippen LogP contribution is 2.18. The summed E-state index contributed by atoms with van der Waals surface area (Å²) in [4.78, 5) is 26.3. The van der Waals surface area contributed by atoms with Gasteiger partial charge in [0.25, 0.3) is 5.91 Å². The van der Waals surface area contributed by atoms with Gasteiger partial charge in [-0.15, -0.1) is 11.3 Å². The molecular formula is C14H17N5O2S. The maximum atomic E-state index is 12.2. The van der Waals surface area contributed by atoms with Gasteiger partial charge in [-0.2, -0.15) is 0 Å². The first-order valence-electron chi connectivity index (χ1n) is 7.06. The monoisotopic (exact) mass is 319 g/mol. The standard InChI is InChI=1S/C14H17N5O2S/c1-21-13-6-12(15-8-16-13)18-10-2-4-19(5-3-10)14(20)11-7-22-9-17-11/h6-10H,2-5H2,1H3,(H,15,16,18). The molecule has 1 N–H and O–H groups in total. The van der Waals surface area contributed by atoms with Crippen LogP contribution in [0.4, 0.5) is 5.82 Å². The zero-order valence-corrected chi connectivity index (χ0v) is 13.0. The van der Waals surface area contributed by atoms with E-state index in [9.17, 15) is 4.79 Å². The molecule has 2 aromatic rings. The Balaban J connectivity index is 1.54. The van der Waals surface area contributed by atoms with Crippen molar-refractivity contribution < 1.29 is 9.53 Å². The normalized spacial score (nSPS) is 15.6. The highest BCUT2D eigenvalue weighted by atomic mass is 32.1. The molecule has 116 valence electrons. The van der Waals surface area contributed by atoms with Gasteiger partial charge in [-0.25, -0.2) is 15.0 Å². The Bertz CT molecular complexity index is 626. The first-order chi connectivity index (χ1) is 10.8. The molecule has 0 saturated carbocycles. The van der Waals surface area contributed by atoms with Gasteiger partial charge in [-0.1, -0.05) is 0 Å². The molecule has 3 rings (SSSR count). The van der Waals surface area contributed by atoms with Crippen molar-refractivity contribution in [1.82, 2.24) is 19.9 Å². The van der Waals surface area contributed by atoms with E-state index >= 15 is 0 Å². The second-order valence-electron chi connectivity index (χ2n) is 5.03. The molecular weight excluding hydrogens is 302 g/mol. The second kappa shape index (κ2) is 6.69. The largest absolute Gasteiger partial charge is 0.481 e. The van der Waals surface area contributed by atoms with Crippen molar-refractivity contribution >= 4 is 23.1 Å². The van der Waals surface area contributed by atoms with Crippen LogP contribution < -0.4 is 10.1 Å². The van der Waals surface area contributed by atoms with Crippen LogP contribution in [0.5, 0.6) is 5.88 Å². The van der Waals surface area contributed by atoms with Crippen LogP contribution in [0.1, 0.15) is 23.3 Å². The molecule has 0 radical (unpaired) electrons. The van der Waals surface area contributed by atoms with Gasteiger partial charge in [0.2, 0.25) is 5.88 Å². The number of hydrogen-bond donors (Lipinski definition) is 1. The number of piperidine rings is 1. The van der Waals surface area contributed by atoms with E-state index in [1.54, 1.807) is 24.1 Å². The van der Waals surface area contributed by atoms with Crippen molar-refractivity contribution in [1.29, 1.82) is 0 Å². The molecule has 1 fully saturated rings. The number of amides is 1.